The third-order valence-corrected chi connectivity index (χ3v) is 2.22. The summed E-state index contributed by atoms with van der Waals surface area (Å²) in [5.41, 5.74) is -0.525. The maximum atomic E-state index is 12.4. The van der Waals surface area contributed by atoms with Crippen molar-refractivity contribution >= 4 is 23.6 Å². The van der Waals surface area contributed by atoms with Gasteiger partial charge in [0.05, 0.1) is 17.7 Å². The number of methoxy groups -OCH3 is 1. The molecule has 0 aliphatic carbocycles. The highest BCUT2D eigenvalue weighted by Gasteiger charge is 2.32. The molecule has 0 amide bonds. The van der Waals surface area contributed by atoms with Gasteiger partial charge in [0.2, 0.25) is 0 Å². The Morgan fingerprint density at radius 3 is 2.53 bits per heavy atom. The van der Waals surface area contributed by atoms with Crippen LogP contribution in [0.1, 0.15) is 11.1 Å². The van der Waals surface area contributed by atoms with E-state index in [2.05, 4.69) is 4.74 Å². The average molecular weight is 265 g/mol. The van der Waals surface area contributed by atoms with E-state index in [1.807, 2.05) is 0 Å². The van der Waals surface area contributed by atoms with Crippen LogP contribution in [0.4, 0.5) is 13.2 Å². The molecule has 92 valence electrons. The summed E-state index contributed by atoms with van der Waals surface area (Å²) < 4.78 is 41.5. The zero-order valence-electron chi connectivity index (χ0n) is 8.72. The first-order valence-corrected chi connectivity index (χ1v) is 4.85. The van der Waals surface area contributed by atoms with Crippen LogP contribution in [0.5, 0.6) is 0 Å². The van der Waals surface area contributed by atoms with Gasteiger partial charge >= 0.3 is 12.1 Å². The van der Waals surface area contributed by atoms with E-state index < -0.39 is 22.7 Å². The number of esters is 1. The Morgan fingerprint density at radius 2 is 2.06 bits per heavy atom. The molecule has 1 aromatic carbocycles. The molecule has 0 saturated heterocycles. The number of ether oxygens (including phenoxy) is 1. The second-order valence-corrected chi connectivity index (χ2v) is 3.50. The first kappa shape index (κ1) is 13.6. The largest absolute Gasteiger partial charge is 0.466 e. The van der Waals surface area contributed by atoms with Crippen LogP contribution < -0.4 is 0 Å². The lowest BCUT2D eigenvalue weighted by Gasteiger charge is -2.08. The third kappa shape index (κ3) is 3.78. The fourth-order valence-electron chi connectivity index (χ4n) is 1.10. The summed E-state index contributed by atoms with van der Waals surface area (Å²) in [4.78, 5) is 10.8. The van der Waals surface area contributed by atoms with Gasteiger partial charge in [-0.15, -0.1) is 0 Å². The fourth-order valence-corrected chi connectivity index (χ4v) is 1.39. The normalized spacial score (nSPS) is 11.8. The quantitative estimate of drug-likeness (QED) is 0.603. The van der Waals surface area contributed by atoms with E-state index in [4.69, 9.17) is 11.6 Å². The van der Waals surface area contributed by atoms with Crippen molar-refractivity contribution < 1.29 is 22.7 Å². The molecule has 0 aromatic heterocycles. The lowest BCUT2D eigenvalue weighted by Crippen LogP contribution is -2.05. The van der Waals surface area contributed by atoms with Crippen molar-refractivity contribution in [2.24, 2.45) is 0 Å². The zero-order chi connectivity index (χ0) is 13.1. The third-order valence-electron chi connectivity index (χ3n) is 1.91. The number of carbonyl (C=O) groups is 1. The highest BCUT2D eigenvalue weighted by atomic mass is 35.5. The summed E-state index contributed by atoms with van der Waals surface area (Å²) in [6.45, 7) is 0. The number of halogens is 4. The van der Waals surface area contributed by atoms with Crippen LogP contribution in [0.15, 0.2) is 24.3 Å². The molecule has 6 heteroatoms. The molecular weight excluding hydrogens is 257 g/mol. The summed E-state index contributed by atoms with van der Waals surface area (Å²) in [5.74, 6) is -0.596. The van der Waals surface area contributed by atoms with E-state index in [0.29, 0.717) is 5.56 Å². The molecule has 0 aliphatic heterocycles. The number of hydrogen-bond donors (Lipinski definition) is 0. The lowest BCUT2D eigenvalue weighted by molar-refractivity contribution is -0.137. The topological polar surface area (TPSA) is 26.3 Å². The Morgan fingerprint density at radius 1 is 1.41 bits per heavy atom. The van der Waals surface area contributed by atoms with Gasteiger partial charge in [0.1, 0.15) is 0 Å². The van der Waals surface area contributed by atoms with Crippen LogP contribution in [-0.2, 0) is 15.7 Å². The van der Waals surface area contributed by atoms with Crippen molar-refractivity contribution in [2.45, 2.75) is 6.18 Å². The number of rotatable bonds is 2. The number of carbonyl (C=O) groups excluding carboxylic acids is 1. The summed E-state index contributed by atoms with van der Waals surface area (Å²) in [6, 6.07) is 3.21. The van der Waals surface area contributed by atoms with Gasteiger partial charge < -0.3 is 4.74 Å². The minimum atomic E-state index is -4.48. The second-order valence-electron chi connectivity index (χ2n) is 3.09. The predicted molar refractivity (Wildman–Crippen MR) is 57.5 cm³/mol. The molecule has 0 N–H and O–H groups in total. The molecule has 0 saturated carbocycles. The Bertz CT molecular complexity index is 453. The van der Waals surface area contributed by atoms with Crippen molar-refractivity contribution in [3.63, 3.8) is 0 Å². The predicted octanol–water partition coefficient (Wildman–Crippen LogP) is 3.55. The SMILES string of the molecule is COC(=O)C=Cc1ccc(C(F)(F)F)c(Cl)c1. The molecule has 0 spiro atoms. The molecule has 17 heavy (non-hydrogen) atoms. The van der Waals surface area contributed by atoms with Gasteiger partial charge in [-0.1, -0.05) is 17.7 Å². The van der Waals surface area contributed by atoms with Gasteiger partial charge in [-0.3, -0.25) is 0 Å². The summed E-state index contributed by atoms with van der Waals surface area (Å²) in [5, 5.41) is -0.412. The first-order valence-electron chi connectivity index (χ1n) is 4.47. The minimum absolute atomic E-state index is 0.383. The van der Waals surface area contributed by atoms with Crippen molar-refractivity contribution in [2.75, 3.05) is 7.11 Å². The van der Waals surface area contributed by atoms with E-state index >= 15 is 0 Å². The van der Waals surface area contributed by atoms with Gasteiger partial charge in [0.15, 0.2) is 0 Å². The first-order chi connectivity index (χ1) is 7.84. The molecule has 1 aromatic rings. The van der Waals surface area contributed by atoms with E-state index in [0.717, 1.165) is 18.2 Å². The smallest absolute Gasteiger partial charge is 0.417 e. The summed E-state index contributed by atoms with van der Waals surface area (Å²) in [6.07, 6.45) is -2.07. The highest BCUT2D eigenvalue weighted by molar-refractivity contribution is 6.31. The lowest BCUT2D eigenvalue weighted by atomic mass is 10.1. The van der Waals surface area contributed by atoms with Gasteiger partial charge in [0, 0.05) is 6.08 Å². The van der Waals surface area contributed by atoms with Crippen LogP contribution >= 0.6 is 11.6 Å². The van der Waals surface area contributed by atoms with Crippen LogP contribution in [0.3, 0.4) is 0 Å². The van der Waals surface area contributed by atoms with Gasteiger partial charge in [-0.05, 0) is 23.8 Å². The van der Waals surface area contributed by atoms with Crippen LogP contribution in [0.25, 0.3) is 6.08 Å². The van der Waals surface area contributed by atoms with E-state index in [1.54, 1.807) is 0 Å². The van der Waals surface area contributed by atoms with E-state index in [9.17, 15) is 18.0 Å². The molecule has 0 radical (unpaired) electrons. The minimum Gasteiger partial charge on any atom is -0.466 e. The maximum absolute atomic E-state index is 12.4. The Balaban J connectivity index is 2.98. The number of benzene rings is 1. The van der Waals surface area contributed by atoms with Crippen LogP contribution in [0.2, 0.25) is 5.02 Å². The van der Waals surface area contributed by atoms with Crippen LogP contribution in [0, 0.1) is 0 Å². The summed E-state index contributed by atoms with van der Waals surface area (Å²) >= 11 is 5.49. The zero-order valence-corrected chi connectivity index (χ0v) is 9.47. The summed E-state index contributed by atoms with van der Waals surface area (Å²) in [7, 11) is 1.20. The molecule has 0 bridgehead atoms. The molecule has 0 fully saturated rings. The fraction of sp³-hybridized carbons (Fsp3) is 0.182. The highest BCUT2D eigenvalue weighted by Crippen LogP contribution is 2.35. The van der Waals surface area contributed by atoms with Gasteiger partial charge in [-0.2, -0.15) is 13.2 Å². The van der Waals surface area contributed by atoms with Crippen molar-refractivity contribution in [3.05, 3.63) is 40.4 Å². The van der Waals surface area contributed by atoms with E-state index in [1.165, 1.54) is 19.3 Å². The molecule has 0 unspecified atom stereocenters. The molecule has 0 heterocycles. The standard InChI is InChI=1S/C11H8ClF3O2/c1-17-10(16)5-3-7-2-4-8(9(12)6-7)11(13,14)15/h2-6H,1H3. The molecular formula is C11H8ClF3O2. The monoisotopic (exact) mass is 264 g/mol. The molecule has 0 aliphatic rings. The Hall–Kier alpha value is -1.49. The van der Waals surface area contributed by atoms with Crippen molar-refractivity contribution in [1.82, 2.24) is 0 Å². The number of alkyl halides is 3. The molecule has 2 nitrogen and oxygen atoms in total. The molecule has 1 rings (SSSR count). The Kier molecular flexibility index (Phi) is 4.17. The second kappa shape index (κ2) is 5.23. The molecule has 0 atom stereocenters. The maximum Gasteiger partial charge on any atom is 0.417 e. The van der Waals surface area contributed by atoms with Crippen LogP contribution in [-0.4, -0.2) is 13.1 Å². The van der Waals surface area contributed by atoms with Gasteiger partial charge in [0.25, 0.3) is 0 Å². The van der Waals surface area contributed by atoms with Crippen molar-refractivity contribution in [1.29, 1.82) is 0 Å². The van der Waals surface area contributed by atoms with Gasteiger partial charge in [-0.25, -0.2) is 4.79 Å². The number of hydrogen-bond acceptors (Lipinski definition) is 2. The van der Waals surface area contributed by atoms with Crippen molar-refractivity contribution in [3.8, 4) is 0 Å². The average Bonchev–Trinajstić information content (AvgIpc) is 2.24. The Labute approximate surface area is 101 Å². The van der Waals surface area contributed by atoms with E-state index in [-0.39, 0.29) is 0 Å².